The van der Waals surface area contributed by atoms with E-state index < -0.39 is 23.6 Å². The van der Waals surface area contributed by atoms with Gasteiger partial charge in [-0.05, 0) is 39.8 Å². The van der Waals surface area contributed by atoms with Crippen LogP contribution in [0.2, 0.25) is 0 Å². The molecule has 3 rings (SSSR count). The topological polar surface area (TPSA) is 104 Å². The average Bonchev–Trinajstić information content (AvgIpc) is 3.09. The highest BCUT2D eigenvalue weighted by atomic mass is 19.1. The standard InChI is InChI=1S/C20H24F2N6O2/c1-11(2)26-16-13(19(29)24-9-15(21)20(3,4)30)8-25-28-10-14(27-18(16)28)12-6-5-7-23-17(12)22/h5-8,10-11,15,26,30H,9H2,1-4H3,(H,24,29)/t15-/m1/s1. The van der Waals surface area contributed by atoms with E-state index in [1.165, 1.54) is 37.0 Å². The number of amides is 1. The minimum atomic E-state index is -1.65. The number of nitrogens with one attached hydrogen (secondary N) is 2. The first-order valence-electron chi connectivity index (χ1n) is 9.48. The average molecular weight is 418 g/mol. The molecule has 0 saturated carbocycles. The van der Waals surface area contributed by atoms with Crippen molar-refractivity contribution in [3.05, 3.63) is 42.2 Å². The van der Waals surface area contributed by atoms with Gasteiger partial charge in [-0.25, -0.2) is 18.9 Å². The van der Waals surface area contributed by atoms with Crippen molar-refractivity contribution >= 4 is 17.2 Å². The Kier molecular flexibility index (Phi) is 5.97. The molecule has 3 heterocycles. The molecule has 8 nitrogen and oxygen atoms in total. The predicted octanol–water partition coefficient (Wildman–Crippen LogP) is 2.59. The number of hydrogen-bond donors (Lipinski definition) is 3. The molecule has 0 fully saturated rings. The second-order valence-electron chi connectivity index (χ2n) is 7.80. The van der Waals surface area contributed by atoms with Gasteiger partial charge in [0.25, 0.3) is 5.91 Å². The predicted molar refractivity (Wildman–Crippen MR) is 108 cm³/mol. The van der Waals surface area contributed by atoms with Crippen LogP contribution in [0.5, 0.6) is 0 Å². The van der Waals surface area contributed by atoms with Gasteiger partial charge in [0.2, 0.25) is 5.95 Å². The van der Waals surface area contributed by atoms with Crippen LogP contribution in [0.3, 0.4) is 0 Å². The zero-order chi connectivity index (χ0) is 22.1. The maximum Gasteiger partial charge on any atom is 0.255 e. The monoisotopic (exact) mass is 418 g/mol. The summed E-state index contributed by atoms with van der Waals surface area (Å²) in [7, 11) is 0. The van der Waals surface area contributed by atoms with Gasteiger partial charge in [-0.3, -0.25) is 4.79 Å². The van der Waals surface area contributed by atoms with E-state index in [4.69, 9.17) is 0 Å². The molecule has 0 bridgehead atoms. The first kappa shape index (κ1) is 21.6. The number of hydrogen-bond acceptors (Lipinski definition) is 6. The van der Waals surface area contributed by atoms with E-state index in [-0.39, 0.29) is 23.7 Å². The van der Waals surface area contributed by atoms with Gasteiger partial charge >= 0.3 is 0 Å². The maximum absolute atomic E-state index is 14.1. The minimum Gasteiger partial charge on any atom is -0.387 e. The third kappa shape index (κ3) is 4.54. The van der Waals surface area contributed by atoms with E-state index in [0.717, 1.165) is 0 Å². The van der Waals surface area contributed by atoms with Gasteiger partial charge in [0.15, 0.2) is 5.65 Å². The van der Waals surface area contributed by atoms with Crippen LogP contribution in [0.15, 0.2) is 30.7 Å². The van der Waals surface area contributed by atoms with Gasteiger partial charge in [0.05, 0.1) is 47.0 Å². The lowest BCUT2D eigenvalue weighted by molar-refractivity contribution is -0.00177. The minimum absolute atomic E-state index is 0.0525. The summed E-state index contributed by atoms with van der Waals surface area (Å²) in [6, 6.07) is 3.09. The second-order valence-corrected chi connectivity index (χ2v) is 7.80. The molecule has 0 spiro atoms. The summed E-state index contributed by atoms with van der Waals surface area (Å²) in [5.41, 5.74) is -0.220. The Labute approximate surface area is 172 Å². The number of carbonyl (C=O) groups is 1. The van der Waals surface area contributed by atoms with Crippen molar-refractivity contribution in [1.82, 2.24) is 24.9 Å². The number of fused-ring (bicyclic) bond motifs is 1. The number of alkyl halides is 1. The van der Waals surface area contributed by atoms with Crippen molar-refractivity contribution in [3.8, 4) is 11.3 Å². The molecule has 3 aromatic rings. The lowest BCUT2D eigenvalue weighted by atomic mass is 10.0. The van der Waals surface area contributed by atoms with E-state index >= 15 is 0 Å². The molecule has 0 unspecified atom stereocenters. The molecular formula is C20H24F2N6O2. The SMILES string of the molecule is CC(C)Nc1c(C(=O)NC[C@@H](F)C(C)(C)O)cnn2cc(-c3cccnc3F)nc12. The smallest absolute Gasteiger partial charge is 0.255 e. The molecule has 0 radical (unpaired) electrons. The van der Waals surface area contributed by atoms with E-state index in [1.54, 1.807) is 12.1 Å². The number of imidazole rings is 1. The Hall–Kier alpha value is -3.14. The number of carbonyl (C=O) groups excluding carboxylic acids is 1. The Balaban J connectivity index is 2.00. The molecule has 160 valence electrons. The lowest BCUT2D eigenvalue weighted by Crippen LogP contribution is -2.42. The summed E-state index contributed by atoms with van der Waals surface area (Å²) < 4.78 is 29.5. The first-order chi connectivity index (χ1) is 14.1. The largest absolute Gasteiger partial charge is 0.387 e. The van der Waals surface area contributed by atoms with Crippen molar-refractivity contribution in [1.29, 1.82) is 0 Å². The van der Waals surface area contributed by atoms with Gasteiger partial charge in [0.1, 0.15) is 6.17 Å². The Bertz CT molecular complexity index is 1060. The summed E-state index contributed by atoms with van der Waals surface area (Å²) in [4.78, 5) is 20.8. The fourth-order valence-electron chi connectivity index (χ4n) is 2.77. The number of aliphatic hydroxyl groups is 1. The summed E-state index contributed by atoms with van der Waals surface area (Å²) >= 11 is 0. The normalized spacial score (nSPS) is 12.9. The third-order valence-electron chi connectivity index (χ3n) is 4.41. The van der Waals surface area contributed by atoms with Crippen LogP contribution in [-0.2, 0) is 0 Å². The molecule has 0 aliphatic heterocycles. The fourth-order valence-corrected chi connectivity index (χ4v) is 2.77. The van der Waals surface area contributed by atoms with Crippen molar-refractivity contribution in [2.75, 3.05) is 11.9 Å². The molecule has 0 aliphatic carbocycles. The number of anilines is 1. The zero-order valence-electron chi connectivity index (χ0n) is 17.1. The van der Waals surface area contributed by atoms with Crippen molar-refractivity contribution in [2.45, 2.75) is 45.5 Å². The highest BCUT2D eigenvalue weighted by Crippen LogP contribution is 2.26. The highest BCUT2D eigenvalue weighted by Gasteiger charge is 2.28. The maximum atomic E-state index is 14.1. The van der Waals surface area contributed by atoms with Gasteiger partial charge in [-0.2, -0.15) is 9.49 Å². The van der Waals surface area contributed by atoms with Gasteiger partial charge in [0, 0.05) is 12.2 Å². The quantitative estimate of drug-likeness (QED) is 0.510. The Morgan fingerprint density at radius 2 is 2.10 bits per heavy atom. The van der Waals surface area contributed by atoms with Crippen LogP contribution in [0, 0.1) is 5.95 Å². The molecule has 0 aliphatic rings. The molecule has 3 aromatic heterocycles. The lowest BCUT2D eigenvalue weighted by Gasteiger charge is -2.22. The van der Waals surface area contributed by atoms with E-state index in [1.807, 2.05) is 13.8 Å². The molecule has 1 amide bonds. The van der Waals surface area contributed by atoms with Gasteiger partial charge < -0.3 is 15.7 Å². The van der Waals surface area contributed by atoms with Crippen LogP contribution >= 0.6 is 0 Å². The van der Waals surface area contributed by atoms with E-state index in [9.17, 15) is 18.7 Å². The second kappa shape index (κ2) is 8.31. The van der Waals surface area contributed by atoms with Crippen LogP contribution in [0.4, 0.5) is 14.5 Å². The fraction of sp³-hybridized carbons (Fsp3) is 0.400. The summed E-state index contributed by atoms with van der Waals surface area (Å²) in [5.74, 6) is -1.24. The number of aromatic nitrogens is 4. The Morgan fingerprint density at radius 1 is 1.37 bits per heavy atom. The zero-order valence-corrected chi connectivity index (χ0v) is 17.1. The van der Waals surface area contributed by atoms with E-state index in [2.05, 4.69) is 25.7 Å². The third-order valence-corrected chi connectivity index (χ3v) is 4.41. The molecule has 0 saturated heterocycles. The van der Waals surface area contributed by atoms with Gasteiger partial charge in [-0.15, -0.1) is 0 Å². The molecule has 0 aromatic carbocycles. The molecule has 10 heteroatoms. The highest BCUT2D eigenvalue weighted by molar-refractivity contribution is 6.02. The number of halogens is 2. The molecule has 30 heavy (non-hydrogen) atoms. The molecule has 1 atom stereocenters. The number of rotatable bonds is 7. The van der Waals surface area contributed by atoms with Gasteiger partial charge in [-0.1, -0.05) is 0 Å². The van der Waals surface area contributed by atoms with Crippen LogP contribution in [0.1, 0.15) is 38.1 Å². The Morgan fingerprint density at radius 3 is 2.73 bits per heavy atom. The number of pyridine rings is 1. The van der Waals surface area contributed by atoms with Crippen LogP contribution < -0.4 is 10.6 Å². The van der Waals surface area contributed by atoms with Crippen molar-refractivity contribution in [3.63, 3.8) is 0 Å². The van der Waals surface area contributed by atoms with Crippen molar-refractivity contribution < 1.29 is 18.7 Å². The number of nitrogens with zero attached hydrogens (tertiary/aromatic N) is 4. The molecular weight excluding hydrogens is 394 g/mol. The van der Waals surface area contributed by atoms with Crippen LogP contribution in [0.25, 0.3) is 16.9 Å². The summed E-state index contributed by atoms with van der Waals surface area (Å²) in [6.07, 6.45) is 2.56. The summed E-state index contributed by atoms with van der Waals surface area (Å²) in [6.45, 7) is 6.05. The first-order valence-corrected chi connectivity index (χ1v) is 9.48. The van der Waals surface area contributed by atoms with Crippen molar-refractivity contribution in [2.24, 2.45) is 0 Å². The summed E-state index contributed by atoms with van der Waals surface area (Å²) in [5, 5.41) is 19.5. The van der Waals surface area contributed by atoms with E-state index in [0.29, 0.717) is 17.0 Å². The molecule has 3 N–H and O–H groups in total. The van der Waals surface area contributed by atoms with Crippen LogP contribution in [-0.4, -0.2) is 55.0 Å².